The Morgan fingerprint density at radius 3 is 2.85 bits per heavy atom. The molecular formula is C21H20ClN3O2. The summed E-state index contributed by atoms with van der Waals surface area (Å²) in [5.74, 6) is 1.07. The SMILES string of the molecule is Cc1ccc(C)c(-c2noc(C3CC(=O)N(Cc4ccccc4Cl)C3)n2)c1. The van der Waals surface area contributed by atoms with Crippen molar-refractivity contribution in [2.24, 2.45) is 0 Å². The third-order valence-electron chi connectivity index (χ3n) is 4.96. The van der Waals surface area contributed by atoms with Crippen LogP contribution in [0.15, 0.2) is 47.0 Å². The molecule has 0 spiro atoms. The highest BCUT2D eigenvalue weighted by Crippen LogP contribution is 2.31. The van der Waals surface area contributed by atoms with Gasteiger partial charge in [-0.2, -0.15) is 4.98 Å². The summed E-state index contributed by atoms with van der Waals surface area (Å²) in [5, 5.41) is 4.81. The van der Waals surface area contributed by atoms with Crippen molar-refractivity contribution < 1.29 is 9.32 Å². The molecule has 0 N–H and O–H groups in total. The summed E-state index contributed by atoms with van der Waals surface area (Å²) in [7, 11) is 0. The lowest BCUT2D eigenvalue weighted by Gasteiger charge is -2.16. The second-order valence-electron chi connectivity index (χ2n) is 7.04. The van der Waals surface area contributed by atoms with Crippen LogP contribution in [0, 0.1) is 13.8 Å². The molecule has 5 nitrogen and oxygen atoms in total. The summed E-state index contributed by atoms with van der Waals surface area (Å²) in [6.07, 6.45) is 0.374. The number of carbonyl (C=O) groups excluding carboxylic acids is 1. The molecule has 1 saturated heterocycles. The van der Waals surface area contributed by atoms with Crippen molar-refractivity contribution in [2.45, 2.75) is 32.7 Å². The molecule has 2 heterocycles. The van der Waals surface area contributed by atoms with Gasteiger partial charge in [-0.15, -0.1) is 0 Å². The van der Waals surface area contributed by atoms with Crippen LogP contribution in [-0.2, 0) is 11.3 Å². The van der Waals surface area contributed by atoms with Crippen molar-refractivity contribution in [3.63, 3.8) is 0 Å². The van der Waals surface area contributed by atoms with Gasteiger partial charge >= 0.3 is 0 Å². The van der Waals surface area contributed by atoms with E-state index in [0.717, 1.165) is 22.3 Å². The molecule has 1 amide bonds. The van der Waals surface area contributed by atoms with Gasteiger partial charge in [0.15, 0.2) is 0 Å². The van der Waals surface area contributed by atoms with Gasteiger partial charge in [0.25, 0.3) is 0 Å². The Morgan fingerprint density at radius 1 is 1.22 bits per heavy atom. The minimum absolute atomic E-state index is 0.0754. The van der Waals surface area contributed by atoms with Crippen LogP contribution in [-0.4, -0.2) is 27.5 Å². The van der Waals surface area contributed by atoms with Crippen molar-refractivity contribution in [1.82, 2.24) is 15.0 Å². The average molecular weight is 382 g/mol. The summed E-state index contributed by atoms with van der Waals surface area (Å²) >= 11 is 6.22. The molecule has 1 atom stereocenters. The van der Waals surface area contributed by atoms with Crippen LogP contribution in [0.1, 0.15) is 34.9 Å². The molecule has 1 aromatic heterocycles. The summed E-state index contributed by atoms with van der Waals surface area (Å²) in [6, 6.07) is 13.7. The first-order valence-corrected chi connectivity index (χ1v) is 9.31. The molecule has 4 rings (SSSR count). The highest BCUT2D eigenvalue weighted by atomic mass is 35.5. The smallest absolute Gasteiger partial charge is 0.232 e. The number of carbonyl (C=O) groups is 1. The van der Waals surface area contributed by atoms with Crippen molar-refractivity contribution in [2.75, 3.05) is 6.54 Å². The van der Waals surface area contributed by atoms with E-state index in [2.05, 4.69) is 16.2 Å². The number of nitrogens with zero attached hydrogens (tertiary/aromatic N) is 3. The maximum absolute atomic E-state index is 12.4. The van der Waals surface area contributed by atoms with Crippen molar-refractivity contribution in [3.8, 4) is 11.4 Å². The second kappa shape index (κ2) is 7.16. The molecular weight excluding hydrogens is 362 g/mol. The van der Waals surface area contributed by atoms with Gasteiger partial charge in [0.2, 0.25) is 17.6 Å². The number of amides is 1. The molecule has 1 unspecified atom stereocenters. The number of aromatic nitrogens is 2. The predicted molar refractivity (Wildman–Crippen MR) is 103 cm³/mol. The second-order valence-corrected chi connectivity index (χ2v) is 7.45. The van der Waals surface area contributed by atoms with Crippen LogP contribution in [0.25, 0.3) is 11.4 Å². The van der Waals surface area contributed by atoms with E-state index in [1.807, 2.05) is 50.2 Å². The lowest BCUT2D eigenvalue weighted by atomic mass is 10.1. The van der Waals surface area contributed by atoms with Gasteiger partial charge < -0.3 is 9.42 Å². The van der Waals surface area contributed by atoms with Gasteiger partial charge in [-0.1, -0.05) is 52.7 Å². The van der Waals surface area contributed by atoms with E-state index in [1.165, 1.54) is 0 Å². The summed E-state index contributed by atoms with van der Waals surface area (Å²) < 4.78 is 5.50. The summed E-state index contributed by atoms with van der Waals surface area (Å²) in [4.78, 5) is 18.8. The number of halogens is 1. The topological polar surface area (TPSA) is 59.2 Å². The molecule has 2 aromatic carbocycles. The Kier molecular flexibility index (Phi) is 4.70. The molecule has 138 valence electrons. The van der Waals surface area contributed by atoms with Crippen LogP contribution < -0.4 is 0 Å². The molecule has 6 heteroatoms. The Hall–Kier alpha value is -2.66. The molecule has 1 aliphatic rings. The number of likely N-dealkylation sites (tertiary alicyclic amines) is 1. The fourth-order valence-corrected chi connectivity index (χ4v) is 3.61. The first-order valence-electron chi connectivity index (χ1n) is 8.93. The fraction of sp³-hybridized carbons (Fsp3) is 0.286. The highest BCUT2D eigenvalue weighted by molar-refractivity contribution is 6.31. The molecule has 0 aliphatic carbocycles. The Labute approximate surface area is 163 Å². The third-order valence-corrected chi connectivity index (χ3v) is 5.33. The Morgan fingerprint density at radius 2 is 2.04 bits per heavy atom. The van der Waals surface area contributed by atoms with Gasteiger partial charge in [0, 0.05) is 30.1 Å². The van der Waals surface area contributed by atoms with Crippen LogP contribution in [0.5, 0.6) is 0 Å². The Balaban J connectivity index is 1.52. The zero-order valence-electron chi connectivity index (χ0n) is 15.3. The van der Waals surface area contributed by atoms with Crippen molar-refractivity contribution in [1.29, 1.82) is 0 Å². The molecule has 0 radical (unpaired) electrons. The van der Waals surface area contributed by atoms with E-state index < -0.39 is 0 Å². The van der Waals surface area contributed by atoms with Gasteiger partial charge in [0.1, 0.15) is 0 Å². The molecule has 0 saturated carbocycles. The number of aryl methyl sites for hydroxylation is 2. The van der Waals surface area contributed by atoms with Crippen LogP contribution >= 0.6 is 11.6 Å². The number of benzene rings is 2. The zero-order valence-corrected chi connectivity index (χ0v) is 16.0. The molecule has 27 heavy (non-hydrogen) atoms. The summed E-state index contributed by atoms with van der Waals surface area (Å²) in [6.45, 7) is 5.10. The minimum atomic E-state index is -0.0913. The first kappa shape index (κ1) is 17.7. The number of hydrogen-bond donors (Lipinski definition) is 0. The molecule has 1 aliphatic heterocycles. The number of hydrogen-bond acceptors (Lipinski definition) is 4. The van der Waals surface area contributed by atoms with E-state index >= 15 is 0 Å². The van der Waals surface area contributed by atoms with Crippen LogP contribution in [0.4, 0.5) is 0 Å². The standard InChI is InChI=1S/C21H20ClN3O2/c1-13-7-8-14(2)17(9-13)20-23-21(27-24-20)16-10-19(26)25(12-16)11-15-5-3-4-6-18(15)22/h3-9,16H,10-12H2,1-2H3. The zero-order chi connectivity index (χ0) is 19.0. The van der Waals surface area contributed by atoms with E-state index in [4.69, 9.17) is 16.1 Å². The van der Waals surface area contributed by atoms with Crippen LogP contribution in [0.2, 0.25) is 5.02 Å². The maximum atomic E-state index is 12.4. The number of rotatable bonds is 4. The van der Waals surface area contributed by atoms with Crippen molar-refractivity contribution in [3.05, 3.63) is 70.1 Å². The van der Waals surface area contributed by atoms with Crippen molar-refractivity contribution >= 4 is 17.5 Å². The molecule has 1 fully saturated rings. The Bertz CT molecular complexity index is 999. The first-order chi connectivity index (χ1) is 13.0. The lowest BCUT2D eigenvalue weighted by Crippen LogP contribution is -2.24. The van der Waals surface area contributed by atoms with E-state index in [-0.39, 0.29) is 11.8 Å². The monoisotopic (exact) mass is 381 g/mol. The van der Waals surface area contributed by atoms with E-state index in [0.29, 0.717) is 36.2 Å². The lowest BCUT2D eigenvalue weighted by molar-refractivity contribution is -0.128. The van der Waals surface area contributed by atoms with Gasteiger partial charge in [-0.05, 0) is 37.1 Å². The van der Waals surface area contributed by atoms with E-state index in [1.54, 1.807) is 4.90 Å². The van der Waals surface area contributed by atoms with E-state index in [9.17, 15) is 4.79 Å². The predicted octanol–water partition coefficient (Wildman–Crippen LogP) is 4.52. The largest absolute Gasteiger partial charge is 0.339 e. The minimum Gasteiger partial charge on any atom is -0.339 e. The molecule has 0 bridgehead atoms. The van der Waals surface area contributed by atoms with Gasteiger partial charge in [-0.3, -0.25) is 4.79 Å². The average Bonchev–Trinajstić information content (AvgIpc) is 3.26. The normalized spacial score (nSPS) is 16.9. The molecule has 3 aromatic rings. The quantitative estimate of drug-likeness (QED) is 0.666. The fourth-order valence-electron chi connectivity index (χ4n) is 3.41. The van der Waals surface area contributed by atoms with Gasteiger partial charge in [0.05, 0.1) is 5.92 Å². The third kappa shape index (κ3) is 3.60. The summed E-state index contributed by atoms with van der Waals surface area (Å²) in [5.41, 5.74) is 4.14. The maximum Gasteiger partial charge on any atom is 0.232 e. The van der Waals surface area contributed by atoms with Crippen LogP contribution in [0.3, 0.4) is 0 Å². The highest BCUT2D eigenvalue weighted by Gasteiger charge is 2.34. The van der Waals surface area contributed by atoms with Gasteiger partial charge in [-0.25, -0.2) is 0 Å².